The van der Waals surface area contributed by atoms with E-state index in [1.165, 1.54) is 18.9 Å². The van der Waals surface area contributed by atoms with Gasteiger partial charge < -0.3 is 15.0 Å². The zero-order valence-corrected chi connectivity index (χ0v) is 19.1. The van der Waals surface area contributed by atoms with Gasteiger partial charge in [0.1, 0.15) is 5.75 Å². The quantitative estimate of drug-likeness (QED) is 0.769. The number of carbonyl (C=O) groups is 3. The van der Waals surface area contributed by atoms with Crippen molar-refractivity contribution in [3.63, 3.8) is 0 Å². The molecule has 2 heterocycles. The van der Waals surface area contributed by atoms with Gasteiger partial charge in [0.25, 0.3) is 5.91 Å². The number of nitrogens with zero attached hydrogens (tertiary/aromatic N) is 3. The van der Waals surface area contributed by atoms with E-state index in [1.807, 2.05) is 62.4 Å². The summed E-state index contributed by atoms with van der Waals surface area (Å²) < 4.78 is 5.70. The summed E-state index contributed by atoms with van der Waals surface area (Å²) in [5.74, 6) is -0.240. The Morgan fingerprint density at radius 2 is 1.81 bits per heavy atom. The number of hydrazone groups is 1. The summed E-state index contributed by atoms with van der Waals surface area (Å²) in [6.45, 7) is 6.96. The van der Waals surface area contributed by atoms with Gasteiger partial charge in [0.15, 0.2) is 5.17 Å². The summed E-state index contributed by atoms with van der Waals surface area (Å²) in [6, 6.07) is 14.9. The fourth-order valence-electron chi connectivity index (χ4n) is 3.85. The van der Waals surface area contributed by atoms with Crippen molar-refractivity contribution in [1.29, 1.82) is 0 Å². The second kappa shape index (κ2) is 8.31. The highest BCUT2D eigenvalue weighted by molar-refractivity contribution is 8.15. The van der Waals surface area contributed by atoms with E-state index < -0.39 is 10.8 Å². The normalized spacial score (nSPS) is 19.4. The highest BCUT2D eigenvalue weighted by Crippen LogP contribution is 2.54. The van der Waals surface area contributed by atoms with Gasteiger partial charge in [-0.3, -0.25) is 14.4 Å². The van der Waals surface area contributed by atoms with Gasteiger partial charge in [-0.05, 0) is 49.4 Å². The molecule has 2 aromatic rings. The minimum atomic E-state index is -1.39. The van der Waals surface area contributed by atoms with Crippen molar-refractivity contribution in [2.45, 2.75) is 45.2 Å². The van der Waals surface area contributed by atoms with Crippen LogP contribution >= 0.6 is 11.8 Å². The lowest BCUT2D eigenvalue weighted by atomic mass is 10.1. The Labute approximate surface area is 190 Å². The van der Waals surface area contributed by atoms with Gasteiger partial charge in [0.2, 0.25) is 16.7 Å². The van der Waals surface area contributed by atoms with E-state index in [0.717, 1.165) is 23.1 Å². The molecule has 2 aliphatic rings. The van der Waals surface area contributed by atoms with Crippen molar-refractivity contribution in [2.75, 3.05) is 4.90 Å². The maximum atomic E-state index is 13.8. The molecule has 0 aromatic heterocycles. The summed E-state index contributed by atoms with van der Waals surface area (Å²) in [6.07, 6.45) is 0.0718. The van der Waals surface area contributed by atoms with Crippen LogP contribution in [0.25, 0.3) is 0 Å². The number of anilines is 1. The van der Waals surface area contributed by atoms with Gasteiger partial charge >= 0.3 is 0 Å². The van der Waals surface area contributed by atoms with Gasteiger partial charge in [0.05, 0.1) is 18.3 Å². The fourth-order valence-corrected chi connectivity index (χ4v) is 5.18. The van der Waals surface area contributed by atoms with E-state index in [1.54, 1.807) is 4.90 Å². The summed E-state index contributed by atoms with van der Waals surface area (Å²) in [5, 5.41) is 8.26. The minimum Gasteiger partial charge on any atom is -0.491 e. The number of para-hydroxylation sites is 1. The highest BCUT2D eigenvalue weighted by atomic mass is 32.2. The predicted octanol–water partition coefficient (Wildman–Crippen LogP) is 3.18. The smallest absolute Gasteiger partial charge is 0.271 e. The Bertz CT molecular complexity index is 1120. The number of carbonyl (C=O) groups excluding carboxylic acids is 3. The first kappa shape index (κ1) is 21.9. The van der Waals surface area contributed by atoms with Gasteiger partial charge in [-0.2, -0.15) is 5.01 Å². The first-order valence-electron chi connectivity index (χ1n) is 10.3. The van der Waals surface area contributed by atoms with E-state index in [9.17, 15) is 14.4 Å². The van der Waals surface area contributed by atoms with Crippen molar-refractivity contribution in [3.8, 4) is 5.75 Å². The van der Waals surface area contributed by atoms with Crippen molar-refractivity contribution in [2.24, 2.45) is 5.10 Å². The lowest BCUT2D eigenvalue weighted by Crippen LogP contribution is -2.48. The van der Waals surface area contributed by atoms with Crippen LogP contribution in [0.5, 0.6) is 5.75 Å². The lowest BCUT2D eigenvalue weighted by molar-refractivity contribution is -0.139. The Hall–Kier alpha value is -3.33. The molecule has 3 amide bonds. The van der Waals surface area contributed by atoms with Gasteiger partial charge in [-0.1, -0.05) is 30.3 Å². The molecule has 0 saturated carbocycles. The van der Waals surface area contributed by atoms with E-state index in [4.69, 9.17) is 4.74 Å². The lowest BCUT2D eigenvalue weighted by Gasteiger charge is -2.29. The third-order valence-corrected chi connectivity index (χ3v) is 6.29. The van der Waals surface area contributed by atoms with Crippen LogP contribution < -0.4 is 15.0 Å². The maximum absolute atomic E-state index is 13.8. The molecule has 2 aliphatic heterocycles. The molecule has 9 heteroatoms. The second-order valence-electron chi connectivity index (χ2n) is 7.88. The first-order valence-corrected chi connectivity index (χ1v) is 11.1. The van der Waals surface area contributed by atoms with E-state index in [0.29, 0.717) is 17.8 Å². The Kier molecular flexibility index (Phi) is 5.68. The molecule has 1 atom stereocenters. The van der Waals surface area contributed by atoms with Crippen LogP contribution in [0.4, 0.5) is 5.69 Å². The molecule has 1 N–H and O–H groups in total. The first-order chi connectivity index (χ1) is 15.2. The molecular formula is C23H24N4O4S. The van der Waals surface area contributed by atoms with Crippen molar-refractivity contribution in [1.82, 2.24) is 10.3 Å². The number of thioether (sulfide) groups is 1. The molecule has 32 heavy (non-hydrogen) atoms. The molecule has 0 saturated heterocycles. The second-order valence-corrected chi connectivity index (χ2v) is 9.06. The van der Waals surface area contributed by atoms with E-state index in [2.05, 4.69) is 10.4 Å². The average Bonchev–Trinajstić information content (AvgIpc) is 3.21. The van der Waals surface area contributed by atoms with E-state index in [-0.39, 0.29) is 23.1 Å². The molecular weight excluding hydrogens is 428 g/mol. The Balaban J connectivity index is 1.70. The van der Waals surface area contributed by atoms with Crippen LogP contribution in [0.3, 0.4) is 0 Å². The standard InChI is InChI=1S/C23H24N4O4S/c1-14(2)31-18-11-9-17(10-12-18)13-26-20-8-6-5-7-19(20)23(21(26)30)27(16(4)29)25-22(32-23)24-15(3)28/h5-12,14H,13H2,1-4H3,(H,24,25,28). The Morgan fingerprint density at radius 1 is 1.12 bits per heavy atom. The summed E-state index contributed by atoms with van der Waals surface area (Å²) in [7, 11) is 0. The van der Waals surface area contributed by atoms with Gasteiger partial charge in [-0.25, -0.2) is 0 Å². The summed E-state index contributed by atoms with van der Waals surface area (Å²) >= 11 is 1.07. The molecule has 1 spiro atoms. The summed E-state index contributed by atoms with van der Waals surface area (Å²) in [5.41, 5.74) is 2.29. The topological polar surface area (TPSA) is 91.3 Å². The number of benzene rings is 2. The van der Waals surface area contributed by atoms with Crippen LogP contribution in [0.1, 0.15) is 38.8 Å². The van der Waals surface area contributed by atoms with Crippen molar-refractivity contribution in [3.05, 3.63) is 59.7 Å². The largest absolute Gasteiger partial charge is 0.491 e. The van der Waals surface area contributed by atoms with Crippen molar-refractivity contribution >= 4 is 40.3 Å². The number of amidine groups is 1. The average molecular weight is 453 g/mol. The van der Waals surface area contributed by atoms with Gasteiger partial charge in [-0.15, -0.1) is 5.10 Å². The van der Waals surface area contributed by atoms with Crippen LogP contribution in [0.2, 0.25) is 0 Å². The zero-order chi connectivity index (χ0) is 23.0. The number of rotatable bonds is 4. The molecule has 0 aliphatic carbocycles. The number of hydrogen-bond donors (Lipinski definition) is 1. The minimum absolute atomic E-state index is 0.0718. The maximum Gasteiger partial charge on any atom is 0.271 e. The number of hydrogen-bond acceptors (Lipinski definition) is 6. The van der Waals surface area contributed by atoms with Crippen molar-refractivity contribution < 1.29 is 19.1 Å². The third kappa shape index (κ3) is 3.73. The molecule has 1 unspecified atom stereocenters. The van der Waals surface area contributed by atoms with Crippen LogP contribution in [-0.4, -0.2) is 34.0 Å². The number of nitrogens with one attached hydrogen (secondary N) is 1. The Morgan fingerprint density at radius 3 is 2.44 bits per heavy atom. The molecule has 0 radical (unpaired) electrons. The molecule has 4 rings (SSSR count). The fraction of sp³-hybridized carbons (Fsp3) is 0.304. The molecule has 8 nitrogen and oxygen atoms in total. The van der Waals surface area contributed by atoms with Crippen LogP contribution in [-0.2, 0) is 25.8 Å². The monoisotopic (exact) mass is 452 g/mol. The number of ether oxygens (including phenoxy) is 1. The highest BCUT2D eigenvalue weighted by Gasteiger charge is 2.61. The van der Waals surface area contributed by atoms with Crippen LogP contribution in [0.15, 0.2) is 53.6 Å². The van der Waals surface area contributed by atoms with Crippen LogP contribution in [0, 0.1) is 0 Å². The SMILES string of the molecule is CC(=O)NC1=NN(C(C)=O)C2(S1)C(=O)N(Cc1ccc(OC(C)C)cc1)c1ccccc12. The number of fused-ring (bicyclic) bond motifs is 2. The number of amides is 3. The summed E-state index contributed by atoms with van der Waals surface area (Å²) in [4.78, 5) is 38.2. The molecule has 166 valence electrons. The zero-order valence-electron chi connectivity index (χ0n) is 18.3. The molecule has 0 bridgehead atoms. The van der Waals surface area contributed by atoms with Gasteiger partial charge in [0, 0.05) is 19.4 Å². The third-order valence-electron chi connectivity index (χ3n) is 5.05. The predicted molar refractivity (Wildman–Crippen MR) is 123 cm³/mol. The molecule has 2 aromatic carbocycles. The van der Waals surface area contributed by atoms with E-state index >= 15 is 0 Å². The molecule has 0 fully saturated rings.